The second kappa shape index (κ2) is 6.84. The first-order chi connectivity index (χ1) is 10.7. The maximum absolute atomic E-state index is 7.01. The number of allylic oxidation sites excluding steroid dienone is 1. The molecule has 1 aromatic carbocycles. The lowest BCUT2D eigenvalue weighted by Gasteiger charge is -2.43. The molecule has 23 heavy (non-hydrogen) atoms. The van der Waals surface area contributed by atoms with Crippen LogP contribution in [0.5, 0.6) is 0 Å². The van der Waals surface area contributed by atoms with Crippen LogP contribution >= 0.6 is 0 Å². The second-order valence-electron chi connectivity index (χ2n) is 8.14. The van der Waals surface area contributed by atoms with Crippen molar-refractivity contribution in [1.29, 1.82) is 0 Å². The van der Waals surface area contributed by atoms with E-state index >= 15 is 0 Å². The molecular weight excluding hydrogens is 296 g/mol. The Morgan fingerprint density at radius 2 is 1.48 bits per heavy atom. The van der Waals surface area contributed by atoms with E-state index in [9.17, 15) is 0 Å². The summed E-state index contributed by atoms with van der Waals surface area (Å²) in [6.07, 6.45) is 4.59. The van der Waals surface area contributed by atoms with Gasteiger partial charge in [0.05, 0.1) is 0 Å². The molecule has 1 aliphatic carbocycles. The van der Waals surface area contributed by atoms with Crippen LogP contribution in [0.15, 0.2) is 18.2 Å². The van der Waals surface area contributed by atoms with Crippen LogP contribution in [0.3, 0.4) is 0 Å². The largest absolute Gasteiger partial charge is 0.542 e. The molecule has 0 unspecified atom stereocenters. The van der Waals surface area contributed by atoms with Crippen molar-refractivity contribution in [2.75, 3.05) is 0 Å². The molecule has 0 radical (unpaired) electrons. The third-order valence-electron chi connectivity index (χ3n) is 5.55. The fourth-order valence-corrected chi connectivity index (χ4v) is 9.98. The Morgan fingerprint density at radius 3 is 2.00 bits per heavy atom. The molecular formula is C21H34OSi. The Bertz CT molecular complexity index is 574. The highest BCUT2D eigenvalue weighted by Crippen LogP contribution is 2.46. The molecule has 0 fully saturated rings. The first-order valence-corrected chi connectivity index (χ1v) is 11.3. The van der Waals surface area contributed by atoms with Crippen LogP contribution in [0.1, 0.15) is 70.2 Å². The maximum atomic E-state index is 7.01. The molecule has 0 saturated carbocycles. The highest BCUT2D eigenvalue weighted by Gasteiger charge is 2.47. The van der Waals surface area contributed by atoms with Gasteiger partial charge >= 0.3 is 0 Å². The van der Waals surface area contributed by atoms with Crippen molar-refractivity contribution in [2.45, 2.75) is 84.9 Å². The van der Waals surface area contributed by atoms with Gasteiger partial charge in [-0.2, -0.15) is 0 Å². The summed E-state index contributed by atoms with van der Waals surface area (Å²) in [5.74, 6) is 1.17. The zero-order chi connectivity index (χ0) is 17.4. The normalized spacial score (nSPS) is 15.2. The molecule has 128 valence electrons. The van der Waals surface area contributed by atoms with Gasteiger partial charge in [0, 0.05) is 5.56 Å². The van der Waals surface area contributed by atoms with Gasteiger partial charge in [0.25, 0.3) is 8.32 Å². The number of benzene rings is 1. The van der Waals surface area contributed by atoms with Crippen LogP contribution in [0.25, 0.3) is 5.76 Å². The van der Waals surface area contributed by atoms with Gasteiger partial charge in [-0.1, -0.05) is 59.2 Å². The molecule has 0 aromatic heterocycles. The smallest absolute Gasteiger partial charge is 0.258 e. The van der Waals surface area contributed by atoms with E-state index < -0.39 is 8.32 Å². The minimum Gasteiger partial charge on any atom is -0.542 e. The Morgan fingerprint density at radius 1 is 0.913 bits per heavy atom. The van der Waals surface area contributed by atoms with E-state index in [0.717, 1.165) is 12.8 Å². The quantitative estimate of drug-likeness (QED) is 0.540. The maximum Gasteiger partial charge on any atom is 0.258 e. The van der Waals surface area contributed by atoms with Gasteiger partial charge < -0.3 is 4.43 Å². The first-order valence-electron chi connectivity index (χ1n) is 9.19. The van der Waals surface area contributed by atoms with Crippen molar-refractivity contribution < 1.29 is 4.43 Å². The molecule has 0 spiro atoms. The van der Waals surface area contributed by atoms with E-state index in [1.165, 1.54) is 28.0 Å². The average Bonchev–Trinajstić information content (AvgIpc) is 2.42. The summed E-state index contributed by atoms with van der Waals surface area (Å²) in [5.41, 5.74) is 7.41. The number of hydrogen-bond acceptors (Lipinski definition) is 1. The summed E-state index contributed by atoms with van der Waals surface area (Å²) < 4.78 is 7.01. The average molecular weight is 331 g/mol. The molecule has 1 aliphatic rings. The predicted octanol–water partition coefficient (Wildman–Crippen LogP) is 6.78. The Hall–Kier alpha value is -1.02. The minimum atomic E-state index is -1.89. The van der Waals surface area contributed by atoms with Crippen LogP contribution < -0.4 is 0 Å². The Kier molecular flexibility index (Phi) is 5.45. The van der Waals surface area contributed by atoms with Crippen LogP contribution in [0.4, 0.5) is 0 Å². The summed E-state index contributed by atoms with van der Waals surface area (Å²) in [6.45, 7) is 18.6. The number of hydrogen-bond donors (Lipinski definition) is 0. The van der Waals surface area contributed by atoms with Gasteiger partial charge in [-0.25, -0.2) is 0 Å². The highest BCUT2D eigenvalue weighted by molar-refractivity contribution is 6.78. The second-order valence-corrected chi connectivity index (χ2v) is 13.5. The molecule has 0 bridgehead atoms. The topological polar surface area (TPSA) is 9.23 Å². The zero-order valence-corrected chi connectivity index (χ0v) is 17.3. The Labute approximate surface area is 144 Å². The standard InChI is InChI=1S/C21H34OSi/c1-14(2)23(15(3)4,16(5)6)22-20-11-9-10-19-13-17(7)12-18(8)21(19)20/h11-16H,9-10H2,1-8H3. The molecule has 1 nitrogen and oxygen atoms in total. The van der Waals surface area contributed by atoms with E-state index in [0.29, 0.717) is 16.6 Å². The Balaban J connectivity index is 2.50. The first kappa shape index (κ1) is 18.3. The van der Waals surface area contributed by atoms with Crippen LogP contribution in [0, 0.1) is 13.8 Å². The lowest BCUT2D eigenvalue weighted by atomic mass is 9.91. The molecule has 1 aromatic rings. The molecule has 0 atom stereocenters. The van der Waals surface area contributed by atoms with E-state index in [1.807, 2.05) is 0 Å². The third kappa shape index (κ3) is 3.28. The molecule has 0 heterocycles. The summed E-state index contributed by atoms with van der Waals surface area (Å²) in [5, 5.41) is 0. The van der Waals surface area contributed by atoms with Crippen molar-refractivity contribution in [3.8, 4) is 0 Å². The van der Waals surface area contributed by atoms with Gasteiger partial charge in [-0.05, 0) is 60.5 Å². The SMILES string of the molecule is Cc1cc(C)c2c(c1)CCC=C2O[Si](C(C)C)(C(C)C)C(C)C. The molecule has 2 heteroatoms. The monoisotopic (exact) mass is 330 g/mol. The zero-order valence-electron chi connectivity index (χ0n) is 16.3. The van der Waals surface area contributed by atoms with Gasteiger partial charge in [0.15, 0.2) is 0 Å². The van der Waals surface area contributed by atoms with E-state index in [-0.39, 0.29) is 0 Å². The van der Waals surface area contributed by atoms with E-state index in [2.05, 4.69) is 73.6 Å². The number of rotatable bonds is 5. The summed E-state index contributed by atoms with van der Waals surface area (Å²) >= 11 is 0. The third-order valence-corrected chi connectivity index (χ3v) is 11.5. The van der Waals surface area contributed by atoms with E-state index in [1.54, 1.807) is 0 Å². The summed E-state index contributed by atoms with van der Waals surface area (Å²) in [4.78, 5) is 0. The van der Waals surface area contributed by atoms with Gasteiger partial charge in [-0.3, -0.25) is 0 Å². The molecule has 0 amide bonds. The lowest BCUT2D eigenvalue weighted by Crippen LogP contribution is -2.47. The van der Waals surface area contributed by atoms with Crippen LogP contribution in [-0.2, 0) is 10.8 Å². The van der Waals surface area contributed by atoms with Gasteiger partial charge in [-0.15, -0.1) is 0 Å². The number of aryl methyl sites for hydroxylation is 3. The van der Waals surface area contributed by atoms with Crippen molar-refractivity contribution in [2.24, 2.45) is 0 Å². The van der Waals surface area contributed by atoms with Gasteiger partial charge in [0.1, 0.15) is 5.76 Å². The van der Waals surface area contributed by atoms with Gasteiger partial charge in [0.2, 0.25) is 0 Å². The fraction of sp³-hybridized carbons (Fsp3) is 0.619. The fourth-order valence-electron chi connectivity index (χ4n) is 4.70. The van der Waals surface area contributed by atoms with E-state index in [4.69, 9.17) is 4.43 Å². The molecule has 0 aliphatic heterocycles. The highest BCUT2D eigenvalue weighted by atomic mass is 28.4. The molecule has 2 rings (SSSR count). The number of fused-ring (bicyclic) bond motifs is 1. The van der Waals surface area contributed by atoms with Crippen molar-refractivity contribution in [3.63, 3.8) is 0 Å². The van der Waals surface area contributed by atoms with Crippen molar-refractivity contribution >= 4 is 14.1 Å². The van der Waals surface area contributed by atoms with Crippen molar-refractivity contribution in [1.82, 2.24) is 0 Å². The van der Waals surface area contributed by atoms with Crippen molar-refractivity contribution in [3.05, 3.63) is 40.5 Å². The summed E-state index contributed by atoms with van der Waals surface area (Å²) in [6, 6.07) is 4.65. The summed E-state index contributed by atoms with van der Waals surface area (Å²) in [7, 11) is -1.89. The lowest BCUT2D eigenvalue weighted by molar-refractivity contribution is 0.440. The van der Waals surface area contributed by atoms with Crippen LogP contribution in [-0.4, -0.2) is 8.32 Å². The predicted molar refractivity (Wildman–Crippen MR) is 104 cm³/mol. The molecule has 0 saturated heterocycles. The minimum absolute atomic E-state index is 0.611. The molecule has 0 N–H and O–H groups in total. The van der Waals surface area contributed by atoms with Crippen LogP contribution in [0.2, 0.25) is 16.6 Å².